The van der Waals surface area contributed by atoms with Gasteiger partial charge in [-0.05, 0) is 32.1 Å². The summed E-state index contributed by atoms with van der Waals surface area (Å²) in [5.41, 5.74) is 1.11. The van der Waals surface area contributed by atoms with Gasteiger partial charge in [0.25, 0.3) is 0 Å². The molecule has 1 aliphatic heterocycles. The highest BCUT2D eigenvalue weighted by molar-refractivity contribution is 5.57. The predicted molar refractivity (Wildman–Crippen MR) is 71.8 cm³/mol. The molecule has 0 radical (unpaired) electrons. The third kappa shape index (κ3) is 3.37. The molecular formula is C14H22N2O. The summed E-state index contributed by atoms with van der Waals surface area (Å²) in [4.78, 5) is 2.35. The highest BCUT2D eigenvalue weighted by Crippen LogP contribution is 2.28. The maximum atomic E-state index is 5.98. The molecule has 0 aromatic heterocycles. The van der Waals surface area contributed by atoms with E-state index in [4.69, 9.17) is 4.74 Å². The van der Waals surface area contributed by atoms with Gasteiger partial charge in [0, 0.05) is 6.54 Å². The van der Waals surface area contributed by atoms with E-state index in [0.717, 1.165) is 31.1 Å². The molecule has 2 rings (SSSR count). The molecule has 17 heavy (non-hydrogen) atoms. The van der Waals surface area contributed by atoms with Crippen molar-refractivity contribution in [3.63, 3.8) is 0 Å². The van der Waals surface area contributed by atoms with Crippen LogP contribution in [0.4, 0.5) is 5.69 Å². The van der Waals surface area contributed by atoms with Crippen molar-refractivity contribution in [2.75, 3.05) is 32.0 Å². The van der Waals surface area contributed by atoms with Gasteiger partial charge >= 0.3 is 0 Å². The monoisotopic (exact) mass is 234 g/mol. The molecule has 1 atom stereocenters. The van der Waals surface area contributed by atoms with Crippen molar-refractivity contribution < 1.29 is 4.74 Å². The van der Waals surface area contributed by atoms with Crippen LogP contribution in [0.3, 0.4) is 0 Å². The molecule has 0 saturated carbocycles. The Morgan fingerprint density at radius 3 is 3.06 bits per heavy atom. The molecule has 1 unspecified atom stereocenters. The van der Waals surface area contributed by atoms with Gasteiger partial charge < -0.3 is 15.0 Å². The van der Waals surface area contributed by atoms with E-state index < -0.39 is 0 Å². The van der Waals surface area contributed by atoms with Gasteiger partial charge in [0.05, 0.1) is 12.2 Å². The van der Waals surface area contributed by atoms with Crippen LogP contribution in [0, 0.1) is 0 Å². The van der Waals surface area contributed by atoms with Crippen LogP contribution < -0.4 is 10.1 Å². The summed E-state index contributed by atoms with van der Waals surface area (Å²) < 4.78 is 5.98. The maximum absolute atomic E-state index is 5.98. The lowest BCUT2D eigenvalue weighted by Gasteiger charge is -2.30. The van der Waals surface area contributed by atoms with Crippen molar-refractivity contribution in [1.82, 2.24) is 4.90 Å². The Morgan fingerprint density at radius 2 is 2.24 bits per heavy atom. The summed E-state index contributed by atoms with van der Waals surface area (Å²) in [5.74, 6) is 0.979. The van der Waals surface area contributed by atoms with Crippen LogP contribution in [-0.4, -0.2) is 37.7 Å². The van der Waals surface area contributed by atoms with E-state index in [0.29, 0.717) is 0 Å². The number of benzene rings is 1. The Hall–Kier alpha value is -1.22. The molecule has 0 saturated heterocycles. The molecule has 0 fully saturated rings. The average Bonchev–Trinajstić information content (AvgIpc) is 2.36. The number of ether oxygens (including phenoxy) is 1. The number of fused-ring (bicyclic) bond motifs is 1. The minimum absolute atomic E-state index is 0.256. The van der Waals surface area contributed by atoms with Gasteiger partial charge in [-0.1, -0.05) is 25.5 Å². The summed E-state index contributed by atoms with van der Waals surface area (Å²) in [6, 6.07) is 8.14. The third-order valence-electron chi connectivity index (χ3n) is 3.11. The lowest BCUT2D eigenvalue weighted by Crippen LogP contribution is -2.40. The van der Waals surface area contributed by atoms with Gasteiger partial charge in [-0.3, -0.25) is 0 Å². The maximum Gasteiger partial charge on any atom is 0.142 e. The first-order chi connectivity index (χ1) is 8.29. The molecule has 1 heterocycles. The number of hydrogen-bond donors (Lipinski definition) is 1. The molecule has 1 aromatic carbocycles. The number of para-hydroxylation sites is 2. The molecule has 0 aliphatic carbocycles. The molecule has 1 aliphatic rings. The molecule has 0 spiro atoms. The zero-order chi connectivity index (χ0) is 12.1. The fourth-order valence-electron chi connectivity index (χ4n) is 2.13. The largest absolute Gasteiger partial charge is 0.485 e. The van der Waals surface area contributed by atoms with Gasteiger partial charge in [-0.25, -0.2) is 0 Å². The summed E-state index contributed by atoms with van der Waals surface area (Å²) in [7, 11) is 2.17. The van der Waals surface area contributed by atoms with Crippen LogP contribution in [0.2, 0.25) is 0 Å². The third-order valence-corrected chi connectivity index (χ3v) is 3.11. The molecule has 1 aromatic rings. The summed E-state index contributed by atoms with van der Waals surface area (Å²) in [6.07, 6.45) is 2.76. The highest BCUT2D eigenvalue weighted by atomic mass is 16.5. The molecule has 3 heteroatoms. The van der Waals surface area contributed by atoms with E-state index >= 15 is 0 Å². The highest BCUT2D eigenvalue weighted by Gasteiger charge is 2.19. The number of rotatable bonds is 5. The zero-order valence-corrected chi connectivity index (χ0v) is 10.8. The normalized spacial score (nSPS) is 18.4. The second-order valence-corrected chi connectivity index (χ2v) is 4.73. The summed E-state index contributed by atoms with van der Waals surface area (Å²) in [5, 5.41) is 3.42. The number of anilines is 1. The van der Waals surface area contributed by atoms with Crippen LogP contribution in [0.1, 0.15) is 19.8 Å². The Labute approximate surface area is 104 Å². The van der Waals surface area contributed by atoms with Gasteiger partial charge in [0.2, 0.25) is 0 Å². The number of nitrogens with zero attached hydrogens (tertiary/aromatic N) is 1. The van der Waals surface area contributed by atoms with E-state index in [1.165, 1.54) is 12.8 Å². The number of hydrogen-bond acceptors (Lipinski definition) is 3. The van der Waals surface area contributed by atoms with Crippen LogP contribution in [0.5, 0.6) is 5.75 Å². The van der Waals surface area contributed by atoms with Crippen LogP contribution in [0.15, 0.2) is 24.3 Å². The van der Waals surface area contributed by atoms with Crippen LogP contribution in [-0.2, 0) is 0 Å². The molecule has 0 amide bonds. The number of nitrogens with one attached hydrogen (secondary N) is 1. The van der Waals surface area contributed by atoms with E-state index in [-0.39, 0.29) is 6.10 Å². The Morgan fingerprint density at radius 1 is 1.41 bits per heavy atom. The van der Waals surface area contributed by atoms with E-state index in [2.05, 4.69) is 30.3 Å². The van der Waals surface area contributed by atoms with Crippen molar-refractivity contribution >= 4 is 5.69 Å². The first kappa shape index (κ1) is 12.2. The fourth-order valence-corrected chi connectivity index (χ4v) is 2.13. The SMILES string of the molecule is CCCCN(C)CC1CNc2ccccc2O1. The molecule has 1 N–H and O–H groups in total. The molecular weight excluding hydrogens is 212 g/mol. The van der Waals surface area contributed by atoms with Crippen molar-refractivity contribution in [2.24, 2.45) is 0 Å². The second-order valence-electron chi connectivity index (χ2n) is 4.73. The first-order valence-electron chi connectivity index (χ1n) is 6.47. The predicted octanol–water partition coefficient (Wildman–Crippen LogP) is 2.59. The minimum atomic E-state index is 0.256. The zero-order valence-electron chi connectivity index (χ0n) is 10.8. The Bertz CT molecular complexity index is 354. The Kier molecular flexibility index (Phi) is 4.26. The molecule has 3 nitrogen and oxygen atoms in total. The lowest BCUT2D eigenvalue weighted by molar-refractivity contribution is 0.150. The number of unbranched alkanes of at least 4 members (excludes halogenated alkanes) is 1. The van der Waals surface area contributed by atoms with Crippen molar-refractivity contribution in [3.05, 3.63) is 24.3 Å². The van der Waals surface area contributed by atoms with Gasteiger partial charge in [-0.15, -0.1) is 0 Å². The lowest BCUT2D eigenvalue weighted by atomic mass is 10.2. The number of likely N-dealkylation sites (N-methyl/N-ethyl adjacent to an activating group) is 1. The van der Waals surface area contributed by atoms with Gasteiger partial charge in [0.1, 0.15) is 11.9 Å². The topological polar surface area (TPSA) is 24.5 Å². The first-order valence-corrected chi connectivity index (χ1v) is 6.47. The van der Waals surface area contributed by atoms with Gasteiger partial charge in [0.15, 0.2) is 0 Å². The van der Waals surface area contributed by atoms with Crippen LogP contribution in [0.25, 0.3) is 0 Å². The standard InChI is InChI=1S/C14H22N2O/c1-3-4-9-16(2)11-12-10-15-13-7-5-6-8-14(13)17-12/h5-8,12,15H,3-4,9-11H2,1-2H3. The summed E-state index contributed by atoms with van der Waals surface area (Å²) in [6.45, 7) is 5.26. The minimum Gasteiger partial charge on any atom is -0.485 e. The van der Waals surface area contributed by atoms with Crippen LogP contribution >= 0.6 is 0 Å². The average molecular weight is 234 g/mol. The molecule has 94 valence electrons. The smallest absolute Gasteiger partial charge is 0.142 e. The van der Waals surface area contributed by atoms with Gasteiger partial charge in [-0.2, -0.15) is 0 Å². The Balaban J connectivity index is 1.85. The van der Waals surface area contributed by atoms with E-state index in [9.17, 15) is 0 Å². The second kappa shape index (κ2) is 5.92. The van der Waals surface area contributed by atoms with Crippen molar-refractivity contribution in [1.29, 1.82) is 0 Å². The van der Waals surface area contributed by atoms with Crippen molar-refractivity contribution in [2.45, 2.75) is 25.9 Å². The molecule has 0 bridgehead atoms. The quantitative estimate of drug-likeness (QED) is 0.847. The van der Waals surface area contributed by atoms with E-state index in [1.807, 2.05) is 18.2 Å². The van der Waals surface area contributed by atoms with E-state index in [1.54, 1.807) is 0 Å². The fraction of sp³-hybridized carbons (Fsp3) is 0.571. The van der Waals surface area contributed by atoms with Crippen molar-refractivity contribution in [3.8, 4) is 5.75 Å². The summed E-state index contributed by atoms with van der Waals surface area (Å²) >= 11 is 0.